The highest BCUT2D eigenvalue weighted by Crippen LogP contribution is 2.41. The van der Waals surface area contributed by atoms with E-state index in [4.69, 9.17) is 0 Å². The Kier molecular flexibility index (Phi) is 3.37. The highest BCUT2D eigenvalue weighted by molar-refractivity contribution is 5.08. The van der Waals surface area contributed by atoms with Crippen LogP contribution in [0.2, 0.25) is 0 Å². The second-order valence-electron chi connectivity index (χ2n) is 4.13. The van der Waals surface area contributed by atoms with Gasteiger partial charge in [0, 0.05) is 0 Å². The molecule has 0 aliphatic heterocycles. The van der Waals surface area contributed by atoms with E-state index in [9.17, 15) is 0 Å². The Labute approximate surface area is 77.1 Å². The molecule has 0 aromatic heterocycles. The van der Waals surface area contributed by atoms with E-state index in [2.05, 4.69) is 26.8 Å². The van der Waals surface area contributed by atoms with E-state index < -0.39 is 0 Å². The van der Waals surface area contributed by atoms with E-state index >= 15 is 0 Å². The normalized spacial score (nSPS) is 22.1. The molecule has 0 atom stereocenters. The minimum absolute atomic E-state index is 0.665. The summed E-state index contributed by atoms with van der Waals surface area (Å²) in [4.78, 5) is 0. The van der Waals surface area contributed by atoms with Crippen LogP contribution in [0, 0.1) is 5.41 Å². The van der Waals surface area contributed by atoms with Crippen molar-refractivity contribution in [2.24, 2.45) is 5.41 Å². The molecule has 0 amide bonds. The van der Waals surface area contributed by atoms with Crippen molar-refractivity contribution in [2.75, 3.05) is 0 Å². The number of hydrogen-bond donors (Lipinski definition) is 0. The Hall–Kier alpha value is -0.260. The average molecular weight is 166 g/mol. The first-order valence-corrected chi connectivity index (χ1v) is 5.44. The highest BCUT2D eigenvalue weighted by Gasteiger charge is 2.27. The van der Waals surface area contributed by atoms with Crippen LogP contribution in [-0.4, -0.2) is 0 Å². The van der Waals surface area contributed by atoms with Crippen molar-refractivity contribution in [3.8, 4) is 0 Å². The van der Waals surface area contributed by atoms with Gasteiger partial charge >= 0.3 is 0 Å². The molecular weight excluding hydrogens is 144 g/mol. The third kappa shape index (κ3) is 1.91. The van der Waals surface area contributed by atoms with Gasteiger partial charge in [-0.05, 0) is 31.1 Å². The van der Waals surface area contributed by atoms with Crippen LogP contribution in [0.4, 0.5) is 0 Å². The van der Waals surface area contributed by atoms with Gasteiger partial charge in [0.15, 0.2) is 0 Å². The molecule has 0 aromatic carbocycles. The minimum Gasteiger partial charge on any atom is -0.0848 e. The third-order valence-corrected chi connectivity index (χ3v) is 3.75. The fourth-order valence-electron chi connectivity index (χ4n) is 2.20. The number of hydrogen-bond acceptors (Lipinski definition) is 0. The lowest BCUT2D eigenvalue weighted by molar-refractivity contribution is 0.230. The van der Waals surface area contributed by atoms with Gasteiger partial charge in [-0.25, -0.2) is 0 Å². The smallest absolute Gasteiger partial charge is 0.0265 e. The van der Waals surface area contributed by atoms with Crippen molar-refractivity contribution in [1.82, 2.24) is 0 Å². The summed E-state index contributed by atoms with van der Waals surface area (Å²) >= 11 is 0. The zero-order valence-electron chi connectivity index (χ0n) is 8.82. The van der Waals surface area contributed by atoms with E-state index in [1.165, 1.54) is 38.5 Å². The van der Waals surface area contributed by atoms with Crippen LogP contribution in [0.25, 0.3) is 0 Å². The van der Waals surface area contributed by atoms with Crippen LogP contribution < -0.4 is 0 Å². The molecule has 0 spiro atoms. The summed E-state index contributed by atoms with van der Waals surface area (Å²) in [5.74, 6) is 0. The standard InChI is InChI=1S/C12H22/c1-4-11-7-9-12(5-2,6-3)10-8-11/h7H,4-6,8-10H2,1-3H3. The van der Waals surface area contributed by atoms with Gasteiger partial charge < -0.3 is 0 Å². The fourth-order valence-corrected chi connectivity index (χ4v) is 2.20. The topological polar surface area (TPSA) is 0 Å². The van der Waals surface area contributed by atoms with Crippen LogP contribution in [0.5, 0.6) is 0 Å². The lowest BCUT2D eigenvalue weighted by Gasteiger charge is -2.34. The van der Waals surface area contributed by atoms with Gasteiger partial charge in [0.25, 0.3) is 0 Å². The second kappa shape index (κ2) is 4.11. The van der Waals surface area contributed by atoms with Crippen LogP contribution in [0.3, 0.4) is 0 Å². The molecular formula is C12H22. The third-order valence-electron chi connectivity index (χ3n) is 3.75. The Morgan fingerprint density at radius 1 is 1.25 bits per heavy atom. The van der Waals surface area contributed by atoms with Crippen LogP contribution >= 0.6 is 0 Å². The predicted octanol–water partition coefficient (Wildman–Crippen LogP) is 4.31. The van der Waals surface area contributed by atoms with Gasteiger partial charge in [-0.3, -0.25) is 0 Å². The van der Waals surface area contributed by atoms with Crippen molar-refractivity contribution in [1.29, 1.82) is 0 Å². The van der Waals surface area contributed by atoms with Gasteiger partial charge in [0.2, 0.25) is 0 Å². The molecule has 12 heavy (non-hydrogen) atoms. The minimum atomic E-state index is 0.665. The highest BCUT2D eigenvalue weighted by atomic mass is 14.3. The van der Waals surface area contributed by atoms with Crippen molar-refractivity contribution in [3.63, 3.8) is 0 Å². The van der Waals surface area contributed by atoms with Gasteiger partial charge in [-0.1, -0.05) is 45.3 Å². The van der Waals surface area contributed by atoms with Crippen LogP contribution in [0.15, 0.2) is 11.6 Å². The van der Waals surface area contributed by atoms with E-state index in [1.807, 2.05) is 0 Å². The zero-order chi connectivity index (χ0) is 9.03. The Bertz CT molecular complexity index is 161. The molecule has 0 heteroatoms. The van der Waals surface area contributed by atoms with Gasteiger partial charge in [-0.15, -0.1) is 0 Å². The maximum atomic E-state index is 2.50. The monoisotopic (exact) mass is 166 g/mol. The molecule has 1 aliphatic rings. The Morgan fingerprint density at radius 2 is 1.92 bits per heavy atom. The average Bonchev–Trinajstić information content (AvgIpc) is 2.18. The molecule has 70 valence electrons. The summed E-state index contributed by atoms with van der Waals surface area (Å²) in [6.45, 7) is 6.96. The van der Waals surface area contributed by atoms with Gasteiger partial charge in [-0.2, -0.15) is 0 Å². The first kappa shape index (κ1) is 9.83. The molecule has 0 fully saturated rings. The Balaban J connectivity index is 2.59. The van der Waals surface area contributed by atoms with Crippen molar-refractivity contribution < 1.29 is 0 Å². The lowest BCUT2D eigenvalue weighted by atomic mass is 9.71. The van der Waals surface area contributed by atoms with Crippen molar-refractivity contribution >= 4 is 0 Å². The molecule has 0 N–H and O–H groups in total. The fraction of sp³-hybridized carbons (Fsp3) is 0.833. The molecule has 0 radical (unpaired) electrons. The quantitative estimate of drug-likeness (QED) is 0.548. The maximum Gasteiger partial charge on any atom is -0.0265 e. The summed E-state index contributed by atoms with van der Waals surface area (Å²) in [6.07, 6.45) is 10.6. The van der Waals surface area contributed by atoms with E-state index in [-0.39, 0.29) is 0 Å². The maximum absolute atomic E-state index is 2.50. The van der Waals surface area contributed by atoms with Crippen molar-refractivity contribution in [2.45, 2.75) is 59.3 Å². The predicted molar refractivity (Wildman–Crippen MR) is 55.2 cm³/mol. The molecule has 0 heterocycles. The van der Waals surface area contributed by atoms with Gasteiger partial charge in [0.1, 0.15) is 0 Å². The summed E-state index contributed by atoms with van der Waals surface area (Å²) < 4.78 is 0. The van der Waals surface area contributed by atoms with Crippen LogP contribution in [0.1, 0.15) is 59.3 Å². The zero-order valence-corrected chi connectivity index (χ0v) is 8.82. The molecule has 0 saturated heterocycles. The molecule has 0 bridgehead atoms. The second-order valence-corrected chi connectivity index (χ2v) is 4.13. The van der Waals surface area contributed by atoms with Gasteiger partial charge in [0.05, 0.1) is 0 Å². The Morgan fingerprint density at radius 3 is 2.25 bits per heavy atom. The van der Waals surface area contributed by atoms with Crippen molar-refractivity contribution in [3.05, 3.63) is 11.6 Å². The largest absolute Gasteiger partial charge is 0.0848 e. The SMILES string of the molecule is CCC1=CCC(CC)(CC)CC1. The van der Waals surface area contributed by atoms with E-state index in [0.29, 0.717) is 5.41 Å². The molecule has 0 aromatic rings. The summed E-state index contributed by atoms with van der Waals surface area (Å²) in [7, 11) is 0. The summed E-state index contributed by atoms with van der Waals surface area (Å²) in [6, 6.07) is 0. The summed E-state index contributed by atoms with van der Waals surface area (Å²) in [5, 5.41) is 0. The summed E-state index contributed by atoms with van der Waals surface area (Å²) in [5.41, 5.74) is 2.35. The number of rotatable bonds is 3. The molecule has 0 nitrogen and oxygen atoms in total. The molecule has 1 aliphatic carbocycles. The first-order chi connectivity index (χ1) is 5.76. The first-order valence-electron chi connectivity index (χ1n) is 5.44. The molecule has 0 unspecified atom stereocenters. The molecule has 1 rings (SSSR count). The lowest BCUT2D eigenvalue weighted by Crippen LogP contribution is -2.21. The number of allylic oxidation sites excluding steroid dienone is 2. The van der Waals surface area contributed by atoms with E-state index in [1.54, 1.807) is 5.57 Å². The van der Waals surface area contributed by atoms with Crippen LogP contribution in [-0.2, 0) is 0 Å². The molecule has 0 saturated carbocycles. The van der Waals surface area contributed by atoms with E-state index in [0.717, 1.165) is 0 Å².